The normalized spacial score (nSPS) is 13.3. The molecule has 11 rings (SSSR count). The maximum Gasteiger partial charge on any atom is 0.144 e. The zero-order chi connectivity index (χ0) is 34.6. The lowest BCUT2D eigenvalue weighted by molar-refractivity contribution is 0.653. The van der Waals surface area contributed by atoms with Crippen LogP contribution < -0.4 is 0 Å². The van der Waals surface area contributed by atoms with Gasteiger partial charge in [-0.25, -0.2) is 4.98 Å². The number of hydrogen-bond donors (Lipinski definition) is 0. The lowest BCUT2D eigenvalue weighted by Gasteiger charge is -2.22. The second-order valence-corrected chi connectivity index (χ2v) is 14.5. The van der Waals surface area contributed by atoms with Crippen molar-refractivity contribution in [3.63, 3.8) is 0 Å². The Bertz CT molecular complexity index is 3100. The van der Waals surface area contributed by atoms with Crippen LogP contribution in [0.5, 0.6) is 0 Å². The molecule has 52 heavy (non-hydrogen) atoms. The van der Waals surface area contributed by atoms with E-state index in [1.54, 1.807) is 0 Å². The Morgan fingerprint density at radius 3 is 2.15 bits per heavy atom. The zero-order valence-corrected chi connectivity index (χ0v) is 28.8. The third-order valence-electron chi connectivity index (χ3n) is 11.4. The molecule has 0 fully saturated rings. The minimum Gasteiger partial charge on any atom is -0.455 e. The molecule has 3 nitrogen and oxygen atoms in total. The van der Waals surface area contributed by atoms with Gasteiger partial charge in [-0.05, 0) is 85.4 Å². The van der Waals surface area contributed by atoms with Crippen molar-refractivity contribution >= 4 is 54.4 Å². The number of benzene rings is 7. The van der Waals surface area contributed by atoms with Gasteiger partial charge in [0.15, 0.2) is 0 Å². The van der Waals surface area contributed by atoms with Crippen molar-refractivity contribution in [3.05, 3.63) is 169 Å². The second-order valence-electron chi connectivity index (χ2n) is 14.5. The van der Waals surface area contributed by atoms with Crippen LogP contribution in [-0.4, -0.2) is 9.97 Å². The van der Waals surface area contributed by atoms with Gasteiger partial charge in [-0.3, -0.25) is 4.98 Å². The second kappa shape index (κ2) is 10.7. The highest BCUT2D eigenvalue weighted by Crippen LogP contribution is 2.55. The molecule has 0 aliphatic heterocycles. The van der Waals surface area contributed by atoms with Crippen LogP contribution in [0.1, 0.15) is 25.0 Å². The summed E-state index contributed by atoms with van der Waals surface area (Å²) in [6, 6.07) is 52.5. The molecule has 0 atom stereocenters. The number of nitrogens with zero attached hydrogens (tertiary/aromatic N) is 2. The fourth-order valence-electron chi connectivity index (χ4n) is 8.79. The largest absolute Gasteiger partial charge is 0.455 e. The summed E-state index contributed by atoms with van der Waals surface area (Å²) in [6.07, 6.45) is 3.76. The van der Waals surface area contributed by atoms with Gasteiger partial charge < -0.3 is 4.42 Å². The molecule has 10 aromatic rings. The molecule has 1 aliphatic rings. The number of fused-ring (bicyclic) bond motifs is 11. The Kier molecular flexibility index (Phi) is 6.01. The van der Waals surface area contributed by atoms with E-state index in [4.69, 9.17) is 9.40 Å². The molecule has 0 N–H and O–H groups in total. The van der Waals surface area contributed by atoms with Crippen molar-refractivity contribution in [1.29, 1.82) is 0 Å². The average Bonchev–Trinajstić information content (AvgIpc) is 3.69. The minimum absolute atomic E-state index is 0.189. The van der Waals surface area contributed by atoms with Gasteiger partial charge in [0.1, 0.15) is 11.2 Å². The van der Waals surface area contributed by atoms with Gasteiger partial charge in [0, 0.05) is 50.5 Å². The Morgan fingerprint density at radius 1 is 0.519 bits per heavy atom. The highest BCUT2D eigenvalue weighted by Gasteiger charge is 2.38. The molecular weight excluding hydrogens is 633 g/mol. The van der Waals surface area contributed by atoms with Gasteiger partial charge in [0.2, 0.25) is 0 Å². The molecule has 3 aromatic heterocycles. The predicted molar refractivity (Wildman–Crippen MR) is 216 cm³/mol. The smallest absolute Gasteiger partial charge is 0.144 e. The molecule has 0 saturated carbocycles. The number of rotatable bonds is 3. The van der Waals surface area contributed by atoms with E-state index < -0.39 is 0 Å². The van der Waals surface area contributed by atoms with Gasteiger partial charge in [-0.15, -0.1) is 0 Å². The first kappa shape index (κ1) is 29.2. The van der Waals surface area contributed by atoms with Crippen molar-refractivity contribution in [2.24, 2.45) is 0 Å². The summed E-state index contributed by atoms with van der Waals surface area (Å²) >= 11 is 0. The molecule has 0 bridgehead atoms. The summed E-state index contributed by atoms with van der Waals surface area (Å²) in [5.74, 6) is 0. The third kappa shape index (κ3) is 4.08. The molecule has 3 heteroatoms. The van der Waals surface area contributed by atoms with Crippen LogP contribution in [0.3, 0.4) is 0 Å². The van der Waals surface area contributed by atoms with Gasteiger partial charge in [-0.1, -0.05) is 129 Å². The first-order chi connectivity index (χ1) is 25.5. The lowest BCUT2D eigenvalue weighted by atomic mass is 9.80. The maximum atomic E-state index is 6.96. The van der Waals surface area contributed by atoms with Crippen LogP contribution in [0, 0.1) is 0 Å². The van der Waals surface area contributed by atoms with Gasteiger partial charge in [0.25, 0.3) is 0 Å². The van der Waals surface area contributed by atoms with E-state index in [0.29, 0.717) is 0 Å². The SMILES string of the molecule is CC1(C)c2ccccc2-c2c1cc(-c1cccc3c(-c4ccc5ccc6ccncc6c5n4)cccc13)c1c2oc2ccc(-c3ccccc3)cc21. The first-order valence-corrected chi connectivity index (χ1v) is 17.9. The minimum atomic E-state index is -0.189. The fraction of sp³-hybridized carbons (Fsp3) is 0.0612. The number of pyridine rings is 2. The molecule has 244 valence electrons. The van der Waals surface area contributed by atoms with E-state index in [1.165, 1.54) is 55.3 Å². The van der Waals surface area contributed by atoms with E-state index in [-0.39, 0.29) is 5.41 Å². The summed E-state index contributed by atoms with van der Waals surface area (Å²) in [5, 5.41) is 7.94. The van der Waals surface area contributed by atoms with E-state index >= 15 is 0 Å². The maximum absolute atomic E-state index is 6.96. The fourth-order valence-corrected chi connectivity index (χ4v) is 8.79. The topological polar surface area (TPSA) is 38.9 Å². The Morgan fingerprint density at radius 2 is 1.27 bits per heavy atom. The lowest BCUT2D eigenvalue weighted by Crippen LogP contribution is -2.15. The summed E-state index contributed by atoms with van der Waals surface area (Å²) in [6.45, 7) is 4.69. The highest BCUT2D eigenvalue weighted by molar-refractivity contribution is 6.21. The Balaban J connectivity index is 1.21. The summed E-state index contributed by atoms with van der Waals surface area (Å²) < 4.78 is 6.96. The molecule has 0 amide bonds. The monoisotopic (exact) mass is 664 g/mol. The quantitative estimate of drug-likeness (QED) is 0.176. The molecule has 3 heterocycles. The number of aromatic nitrogens is 2. The predicted octanol–water partition coefficient (Wildman–Crippen LogP) is 13.1. The van der Waals surface area contributed by atoms with Crippen LogP contribution in [0.4, 0.5) is 0 Å². The first-order valence-electron chi connectivity index (χ1n) is 17.9. The summed E-state index contributed by atoms with van der Waals surface area (Å²) in [5.41, 5.74) is 14.5. The molecule has 0 spiro atoms. The number of furan rings is 1. The van der Waals surface area contributed by atoms with E-state index in [1.807, 2.05) is 18.5 Å². The van der Waals surface area contributed by atoms with Crippen molar-refractivity contribution in [3.8, 4) is 44.6 Å². The van der Waals surface area contributed by atoms with Gasteiger partial charge in [0.05, 0.1) is 11.2 Å². The van der Waals surface area contributed by atoms with Crippen molar-refractivity contribution < 1.29 is 4.42 Å². The molecule has 0 unspecified atom stereocenters. The van der Waals surface area contributed by atoms with Crippen LogP contribution in [0.15, 0.2) is 162 Å². The van der Waals surface area contributed by atoms with Crippen LogP contribution in [0.25, 0.3) is 99.0 Å². The van der Waals surface area contributed by atoms with Crippen LogP contribution >= 0.6 is 0 Å². The van der Waals surface area contributed by atoms with E-state index in [0.717, 1.165) is 54.9 Å². The van der Waals surface area contributed by atoms with Crippen molar-refractivity contribution in [2.45, 2.75) is 19.3 Å². The summed E-state index contributed by atoms with van der Waals surface area (Å²) in [4.78, 5) is 9.71. The molecule has 0 radical (unpaired) electrons. The average molecular weight is 665 g/mol. The number of hydrogen-bond acceptors (Lipinski definition) is 3. The molecule has 1 aliphatic carbocycles. The van der Waals surface area contributed by atoms with Crippen molar-refractivity contribution in [2.75, 3.05) is 0 Å². The third-order valence-corrected chi connectivity index (χ3v) is 11.4. The van der Waals surface area contributed by atoms with Gasteiger partial charge in [-0.2, -0.15) is 0 Å². The van der Waals surface area contributed by atoms with Crippen LogP contribution in [0.2, 0.25) is 0 Å². The van der Waals surface area contributed by atoms with E-state index in [2.05, 4.69) is 158 Å². The summed E-state index contributed by atoms with van der Waals surface area (Å²) in [7, 11) is 0. The highest BCUT2D eigenvalue weighted by atomic mass is 16.3. The van der Waals surface area contributed by atoms with Crippen LogP contribution in [-0.2, 0) is 5.41 Å². The van der Waals surface area contributed by atoms with Gasteiger partial charge >= 0.3 is 0 Å². The standard InChI is InChI=1S/C49H32N2O/c1-49(2)41-17-7-6-12-37(41)46-42(49)27-38(45-39-26-32(29-10-4-3-5-11-29)21-23-44(39)52-48(45)46)35-15-8-14-34-33(35)13-9-16-36(34)43-22-20-31-19-18-30-24-25-50-28-40(30)47(31)51-43/h3-28H,1-2H3. The molecule has 0 saturated heterocycles. The zero-order valence-electron chi connectivity index (χ0n) is 28.8. The van der Waals surface area contributed by atoms with Crippen molar-refractivity contribution in [1.82, 2.24) is 9.97 Å². The molecule has 7 aromatic carbocycles. The van der Waals surface area contributed by atoms with E-state index in [9.17, 15) is 0 Å². The Labute approximate surface area is 300 Å². The Hall–Kier alpha value is -6.58. The molecular formula is C49H32N2O.